The van der Waals surface area contributed by atoms with Crippen LogP contribution in [0, 0.1) is 0 Å². The highest BCUT2D eigenvalue weighted by molar-refractivity contribution is 6.93. The van der Waals surface area contributed by atoms with Crippen LogP contribution in [0.4, 0.5) is 0 Å². The number of hydrogen-bond acceptors (Lipinski definition) is 4. The Hall–Kier alpha value is -0.754. The quantitative estimate of drug-likeness (QED) is 0.493. The van der Waals surface area contributed by atoms with E-state index in [-0.39, 0.29) is 31.4 Å². The molecule has 0 aliphatic heterocycles. The van der Waals surface area contributed by atoms with E-state index >= 15 is 0 Å². The van der Waals surface area contributed by atoms with Crippen LogP contribution in [0.1, 0.15) is 32.8 Å². The first-order chi connectivity index (χ1) is 9.56. The van der Waals surface area contributed by atoms with Crippen molar-refractivity contribution >= 4 is 34.3 Å². The Kier molecular flexibility index (Phi) is 15.2. The van der Waals surface area contributed by atoms with Crippen molar-refractivity contribution in [3.05, 3.63) is 47.2 Å². The maximum Gasteiger partial charge on any atom is 0.505 e. The van der Waals surface area contributed by atoms with Gasteiger partial charge in [-0.15, -0.1) is 0 Å². The van der Waals surface area contributed by atoms with Crippen LogP contribution in [-0.2, 0) is 14.1 Å². The molecule has 1 rings (SSSR count). The highest BCUT2D eigenvalue weighted by Gasteiger charge is 2.09. The minimum atomic E-state index is -0.312. The highest BCUT2D eigenvalue weighted by Crippen LogP contribution is 2.06. The predicted octanol–water partition coefficient (Wildman–Crippen LogP) is 3.40. The van der Waals surface area contributed by atoms with Gasteiger partial charge in [-0.2, -0.15) is 0 Å². The summed E-state index contributed by atoms with van der Waals surface area (Å²) in [6, 6.07) is 10.4. The van der Waals surface area contributed by atoms with Crippen LogP contribution in [0.25, 0.3) is 0 Å². The van der Waals surface area contributed by atoms with Crippen LogP contribution >= 0.6 is 9.07 Å². The summed E-state index contributed by atoms with van der Waals surface area (Å²) in [6.07, 6.45) is 0.626. The number of rotatable bonds is 5. The van der Waals surface area contributed by atoms with Crippen molar-refractivity contribution in [2.45, 2.75) is 31.7 Å². The summed E-state index contributed by atoms with van der Waals surface area (Å²) in [5.74, 6) is -0.296. The maximum atomic E-state index is 11.1. The number of ether oxygens (including phenoxy) is 1. The Labute approximate surface area is 141 Å². The minimum Gasteiger partial charge on any atom is -0.463 e. The molecule has 6 heteroatoms. The lowest BCUT2D eigenvalue weighted by molar-refractivity contribution is -0.138. The van der Waals surface area contributed by atoms with Crippen molar-refractivity contribution in [2.24, 2.45) is 5.73 Å². The number of allylic oxidation sites excluding steroid dienone is 1. The normalized spacial score (nSPS) is 10.1. The average molecular weight is 325 g/mol. The van der Waals surface area contributed by atoms with Crippen molar-refractivity contribution in [2.75, 3.05) is 6.61 Å². The summed E-state index contributed by atoms with van der Waals surface area (Å²) in [5.41, 5.74) is 7.95. The Balaban J connectivity index is 0. The Morgan fingerprint density at radius 2 is 1.86 bits per heavy atom. The third-order valence-corrected chi connectivity index (χ3v) is 3.91. The summed E-state index contributed by atoms with van der Waals surface area (Å²) in [6.45, 7) is 5.75. The van der Waals surface area contributed by atoms with Crippen LogP contribution in [-0.4, -0.2) is 31.8 Å². The van der Waals surface area contributed by atoms with Crippen molar-refractivity contribution in [1.82, 2.24) is 6.15 Å². The zero-order valence-corrected chi connectivity index (χ0v) is 15.4. The van der Waals surface area contributed by atoms with E-state index < -0.39 is 0 Å². The molecule has 0 aromatic heterocycles. The molecule has 1 aromatic rings. The number of benzene rings is 1. The van der Waals surface area contributed by atoms with Crippen molar-refractivity contribution in [3.63, 3.8) is 0 Å². The van der Waals surface area contributed by atoms with Gasteiger partial charge in [0.1, 0.15) is 0 Å². The molecule has 0 spiro atoms. The lowest BCUT2D eigenvalue weighted by Gasteiger charge is -2.05. The molecule has 5 N–H and O–H groups in total. The van der Waals surface area contributed by atoms with E-state index in [9.17, 15) is 4.79 Å². The zero-order valence-electron chi connectivity index (χ0n) is 13.2. The molecule has 0 saturated carbocycles. The maximum absolute atomic E-state index is 11.1. The first kappa shape index (κ1) is 22.5. The average Bonchev–Trinajstić information content (AvgIpc) is 2.41. The summed E-state index contributed by atoms with van der Waals surface area (Å²) < 4.78 is 5.89. The third-order valence-electron chi connectivity index (χ3n) is 2.58. The molecular formula is C15H25ClMgN2O2. The number of carbonyl (C=O) groups excluding carboxylic acids is 1. The second-order valence-corrected chi connectivity index (χ2v) is 6.17. The molecule has 0 radical (unpaired) electrons. The SMILES string of the molecule is CCOC(=O)C(CC)=C(C)N.N.[Cl][Mg][CH2]c1ccccc1. The molecule has 0 saturated heterocycles. The molecule has 0 fully saturated rings. The van der Waals surface area contributed by atoms with Crippen LogP contribution in [0.15, 0.2) is 41.6 Å². The van der Waals surface area contributed by atoms with Crippen LogP contribution in [0.3, 0.4) is 0 Å². The van der Waals surface area contributed by atoms with E-state index in [1.165, 1.54) is 5.56 Å². The largest absolute Gasteiger partial charge is 0.505 e. The smallest absolute Gasteiger partial charge is 0.463 e. The molecule has 0 unspecified atom stereocenters. The van der Waals surface area contributed by atoms with E-state index in [0.717, 1.165) is 4.55 Å². The van der Waals surface area contributed by atoms with Gasteiger partial charge in [0, 0.05) is 5.70 Å². The third kappa shape index (κ3) is 10.6. The van der Waals surface area contributed by atoms with Crippen LogP contribution in [0.2, 0.25) is 0 Å². The van der Waals surface area contributed by atoms with Gasteiger partial charge in [0.05, 0.1) is 12.2 Å². The Bertz CT molecular complexity index is 421. The Morgan fingerprint density at radius 3 is 2.24 bits per heavy atom. The van der Waals surface area contributed by atoms with Gasteiger partial charge in [0.25, 0.3) is 0 Å². The minimum absolute atomic E-state index is 0. The summed E-state index contributed by atoms with van der Waals surface area (Å²) in [7, 11) is 5.67. The van der Waals surface area contributed by atoms with Gasteiger partial charge in [0.2, 0.25) is 0 Å². The zero-order chi connectivity index (χ0) is 15.4. The molecule has 116 valence electrons. The first-order valence-electron chi connectivity index (χ1n) is 6.78. The van der Waals surface area contributed by atoms with Crippen LogP contribution < -0.4 is 11.9 Å². The lowest BCUT2D eigenvalue weighted by Crippen LogP contribution is -2.11. The summed E-state index contributed by atoms with van der Waals surface area (Å²) in [4.78, 5) is 11.1. The molecule has 0 heterocycles. The van der Waals surface area contributed by atoms with E-state index in [0.29, 0.717) is 24.3 Å². The summed E-state index contributed by atoms with van der Waals surface area (Å²) in [5, 5.41) is 0. The Morgan fingerprint density at radius 1 is 1.29 bits per heavy atom. The number of hydrogen-bond donors (Lipinski definition) is 2. The van der Waals surface area contributed by atoms with Gasteiger partial charge >= 0.3 is 25.2 Å². The van der Waals surface area contributed by atoms with Gasteiger partial charge in [-0.25, -0.2) is 4.79 Å². The fourth-order valence-electron chi connectivity index (χ4n) is 1.56. The second kappa shape index (κ2) is 14.2. The molecule has 0 atom stereocenters. The molecular weight excluding hydrogens is 300 g/mol. The van der Waals surface area contributed by atoms with E-state index in [4.69, 9.17) is 19.5 Å². The van der Waals surface area contributed by atoms with Gasteiger partial charge in [-0.3, -0.25) is 0 Å². The lowest BCUT2D eigenvalue weighted by atomic mass is 10.2. The molecule has 0 bridgehead atoms. The van der Waals surface area contributed by atoms with E-state index in [2.05, 4.69) is 24.3 Å². The van der Waals surface area contributed by atoms with Crippen LogP contribution in [0.5, 0.6) is 0 Å². The summed E-state index contributed by atoms with van der Waals surface area (Å²) >= 11 is -0.312. The van der Waals surface area contributed by atoms with Gasteiger partial charge in [0.15, 0.2) is 0 Å². The standard InChI is InChI=1S/C8H15NO2.C7H7.ClH.Mg.H3N/c1-4-7(6(3)9)8(10)11-5-2;1-7-5-3-2-4-6-7;;;/h4-5,9H2,1-3H3;2-6H,1H2;1H;;1H3/q;;;+1;/p-1. The van der Waals surface area contributed by atoms with E-state index in [1.54, 1.807) is 13.8 Å². The molecule has 21 heavy (non-hydrogen) atoms. The number of halogens is 1. The van der Waals surface area contributed by atoms with Crippen molar-refractivity contribution < 1.29 is 9.53 Å². The number of carbonyl (C=O) groups is 1. The molecule has 0 aliphatic carbocycles. The van der Waals surface area contributed by atoms with Gasteiger partial charge < -0.3 is 25.7 Å². The fraction of sp³-hybridized carbons (Fsp3) is 0.400. The predicted molar refractivity (Wildman–Crippen MR) is 90.6 cm³/mol. The van der Waals surface area contributed by atoms with Gasteiger partial charge in [-0.1, -0.05) is 47.4 Å². The topological polar surface area (TPSA) is 87.3 Å². The van der Waals surface area contributed by atoms with Crippen molar-refractivity contribution in [3.8, 4) is 0 Å². The monoisotopic (exact) mass is 324 g/mol. The second-order valence-electron chi connectivity index (χ2n) is 4.16. The van der Waals surface area contributed by atoms with Gasteiger partial charge in [-0.05, 0) is 20.3 Å². The highest BCUT2D eigenvalue weighted by atomic mass is 35.5. The van der Waals surface area contributed by atoms with E-state index in [1.807, 2.05) is 13.0 Å². The number of esters is 1. The molecule has 1 aromatic carbocycles. The first-order valence-corrected chi connectivity index (χ1v) is 9.92. The fourth-order valence-corrected chi connectivity index (χ4v) is 2.76. The molecule has 0 aliphatic rings. The molecule has 4 nitrogen and oxygen atoms in total. The number of nitrogens with two attached hydrogens (primary N) is 1. The molecule has 0 amide bonds. The van der Waals surface area contributed by atoms with Crippen molar-refractivity contribution in [1.29, 1.82) is 0 Å².